The highest BCUT2D eigenvalue weighted by atomic mass is 35.5. The molecule has 1 aromatic carbocycles. The number of halogens is 2. The number of fused-ring (bicyclic) bond motifs is 1. The number of pyridine rings is 1. The molecule has 0 saturated carbocycles. The standard InChI is InChI=1S/C22H24ClFN6O3/c1-12-16(5-4-15(26-12)20(31)25-2)30-8-6-29(7-9-30)11-13-10-14(23)17-19(18(13)24)27-22(33)28(3)21(17)32/h4-5,10H,6-9,11H2,1-3H3,(H,25,31)(H,27,33). The lowest BCUT2D eigenvalue weighted by molar-refractivity contribution is 0.0958. The number of nitrogens with zero attached hydrogens (tertiary/aromatic N) is 4. The zero-order valence-electron chi connectivity index (χ0n) is 18.5. The van der Waals surface area contributed by atoms with Crippen LogP contribution in [-0.4, -0.2) is 58.6 Å². The second-order valence-electron chi connectivity index (χ2n) is 8.02. The van der Waals surface area contributed by atoms with E-state index >= 15 is 4.39 Å². The number of aryl methyl sites for hydroxylation is 1. The first-order valence-corrected chi connectivity index (χ1v) is 10.9. The van der Waals surface area contributed by atoms with Crippen LogP contribution >= 0.6 is 11.6 Å². The number of hydrogen-bond acceptors (Lipinski definition) is 6. The minimum absolute atomic E-state index is 0.0342. The third-order valence-electron chi connectivity index (χ3n) is 5.97. The molecule has 33 heavy (non-hydrogen) atoms. The van der Waals surface area contributed by atoms with Crippen LogP contribution in [0.25, 0.3) is 10.9 Å². The quantitative estimate of drug-likeness (QED) is 0.592. The van der Waals surface area contributed by atoms with E-state index in [0.29, 0.717) is 44.0 Å². The first-order valence-electron chi connectivity index (χ1n) is 10.5. The molecule has 2 N–H and O–H groups in total. The van der Waals surface area contributed by atoms with E-state index in [1.54, 1.807) is 13.1 Å². The Bertz CT molecular complexity index is 1360. The van der Waals surface area contributed by atoms with Crippen molar-refractivity contribution >= 4 is 34.1 Å². The topological polar surface area (TPSA) is 103 Å². The van der Waals surface area contributed by atoms with Gasteiger partial charge in [0.1, 0.15) is 5.69 Å². The van der Waals surface area contributed by atoms with Gasteiger partial charge in [0, 0.05) is 52.4 Å². The second kappa shape index (κ2) is 8.95. The predicted molar refractivity (Wildman–Crippen MR) is 125 cm³/mol. The van der Waals surface area contributed by atoms with Gasteiger partial charge in [-0.15, -0.1) is 0 Å². The van der Waals surface area contributed by atoms with Crippen LogP contribution in [0.1, 0.15) is 21.7 Å². The summed E-state index contributed by atoms with van der Waals surface area (Å²) in [4.78, 5) is 47.1. The van der Waals surface area contributed by atoms with Gasteiger partial charge in [0.05, 0.1) is 27.3 Å². The number of hydrogen-bond donors (Lipinski definition) is 2. The Balaban J connectivity index is 1.51. The fourth-order valence-electron chi connectivity index (χ4n) is 4.10. The van der Waals surface area contributed by atoms with Crippen molar-refractivity contribution in [3.05, 3.63) is 66.8 Å². The average Bonchev–Trinajstić information content (AvgIpc) is 2.80. The van der Waals surface area contributed by atoms with Crippen molar-refractivity contribution in [2.75, 3.05) is 38.1 Å². The van der Waals surface area contributed by atoms with E-state index in [1.165, 1.54) is 13.1 Å². The van der Waals surface area contributed by atoms with Crippen molar-refractivity contribution in [3.8, 4) is 0 Å². The van der Waals surface area contributed by atoms with Crippen molar-refractivity contribution in [2.45, 2.75) is 13.5 Å². The molecule has 4 rings (SSSR count). The molecule has 11 heteroatoms. The third kappa shape index (κ3) is 4.23. The third-order valence-corrected chi connectivity index (χ3v) is 6.27. The van der Waals surface area contributed by atoms with E-state index in [0.717, 1.165) is 15.9 Å². The summed E-state index contributed by atoms with van der Waals surface area (Å²) in [7, 11) is 2.88. The maximum atomic E-state index is 15.2. The van der Waals surface area contributed by atoms with E-state index < -0.39 is 17.1 Å². The van der Waals surface area contributed by atoms with E-state index in [4.69, 9.17) is 11.6 Å². The van der Waals surface area contributed by atoms with Crippen LogP contribution in [0, 0.1) is 12.7 Å². The van der Waals surface area contributed by atoms with Crippen LogP contribution in [0.4, 0.5) is 10.1 Å². The molecule has 0 bridgehead atoms. The van der Waals surface area contributed by atoms with Gasteiger partial charge in [-0.3, -0.25) is 19.1 Å². The largest absolute Gasteiger partial charge is 0.368 e. The molecular formula is C22H24ClFN6O3. The molecule has 1 aliphatic heterocycles. The first kappa shape index (κ1) is 22.9. The molecule has 0 spiro atoms. The van der Waals surface area contributed by atoms with Crippen molar-refractivity contribution in [2.24, 2.45) is 7.05 Å². The van der Waals surface area contributed by atoms with Gasteiger partial charge in [-0.05, 0) is 25.1 Å². The fourth-order valence-corrected chi connectivity index (χ4v) is 4.41. The molecule has 174 valence electrons. The smallest absolute Gasteiger partial charge is 0.328 e. The van der Waals surface area contributed by atoms with E-state index in [-0.39, 0.29) is 21.8 Å². The zero-order valence-corrected chi connectivity index (χ0v) is 19.3. The number of piperazine rings is 1. The number of carbonyl (C=O) groups is 1. The van der Waals surface area contributed by atoms with Gasteiger partial charge >= 0.3 is 5.69 Å². The predicted octanol–water partition coefficient (Wildman–Crippen LogP) is 1.40. The lowest BCUT2D eigenvalue weighted by atomic mass is 10.1. The molecule has 0 unspecified atom stereocenters. The van der Waals surface area contributed by atoms with Crippen LogP contribution in [0.2, 0.25) is 5.02 Å². The summed E-state index contributed by atoms with van der Waals surface area (Å²) in [6.45, 7) is 4.88. The fraction of sp³-hybridized carbons (Fsp3) is 0.364. The Hall–Kier alpha value is -3.24. The Kier molecular flexibility index (Phi) is 6.22. The molecule has 1 fully saturated rings. The van der Waals surface area contributed by atoms with Crippen molar-refractivity contribution in [1.82, 2.24) is 24.8 Å². The minimum atomic E-state index is -0.695. The molecule has 1 saturated heterocycles. The molecule has 9 nitrogen and oxygen atoms in total. The number of carbonyl (C=O) groups excluding carboxylic acids is 1. The molecule has 0 radical (unpaired) electrons. The summed E-state index contributed by atoms with van der Waals surface area (Å²) in [5.74, 6) is -0.874. The number of benzene rings is 1. The van der Waals surface area contributed by atoms with E-state index in [2.05, 4.69) is 25.1 Å². The monoisotopic (exact) mass is 474 g/mol. The molecule has 0 aliphatic carbocycles. The number of rotatable bonds is 4. The molecule has 0 atom stereocenters. The van der Waals surface area contributed by atoms with Gasteiger partial charge in [-0.25, -0.2) is 14.2 Å². The molecule has 3 heterocycles. The Labute approximate surface area is 193 Å². The number of anilines is 1. The molecule has 1 amide bonds. The average molecular weight is 475 g/mol. The number of H-pyrrole nitrogens is 1. The number of aromatic nitrogens is 3. The van der Waals surface area contributed by atoms with E-state index in [9.17, 15) is 14.4 Å². The highest BCUT2D eigenvalue weighted by Crippen LogP contribution is 2.26. The molecule has 2 aromatic heterocycles. The van der Waals surface area contributed by atoms with Crippen LogP contribution in [0.5, 0.6) is 0 Å². The molecule has 3 aromatic rings. The normalized spacial score (nSPS) is 14.6. The van der Waals surface area contributed by atoms with Gasteiger partial charge < -0.3 is 15.2 Å². The van der Waals surface area contributed by atoms with E-state index in [1.807, 2.05) is 13.0 Å². The highest BCUT2D eigenvalue weighted by molar-refractivity contribution is 6.35. The second-order valence-corrected chi connectivity index (χ2v) is 8.43. The zero-order chi connectivity index (χ0) is 23.9. The number of nitrogens with one attached hydrogen (secondary N) is 2. The van der Waals surface area contributed by atoms with Crippen LogP contribution < -0.4 is 21.5 Å². The SMILES string of the molecule is CNC(=O)c1ccc(N2CCN(Cc3cc(Cl)c4c(=O)n(C)c(=O)[nH]c4c3F)CC2)c(C)n1. The maximum absolute atomic E-state index is 15.2. The Morgan fingerprint density at radius 2 is 1.94 bits per heavy atom. The van der Waals surface area contributed by atoms with Gasteiger partial charge in [-0.1, -0.05) is 11.6 Å². The van der Waals surface area contributed by atoms with Crippen LogP contribution in [0.3, 0.4) is 0 Å². The summed E-state index contributed by atoms with van der Waals surface area (Å²) < 4.78 is 16.0. The van der Waals surface area contributed by atoms with Gasteiger partial charge in [0.15, 0.2) is 5.82 Å². The van der Waals surface area contributed by atoms with Gasteiger partial charge in [-0.2, -0.15) is 0 Å². The molecule has 1 aliphatic rings. The summed E-state index contributed by atoms with van der Waals surface area (Å²) in [5, 5.41) is 2.64. The minimum Gasteiger partial charge on any atom is -0.368 e. The summed E-state index contributed by atoms with van der Waals surface area (Å²) in [5.41, 5.74) is 0.913. The van der Waals surface area contributed by atoms with Crippen molar-refractivity contribution in [3.63, 3.8) is 0 Å². The van der Waals surface area contributed by atoms with Crippen LogP contribution in [-0.2, 0) is 13.6 Å². The van der Waals surface area contributed by atoms with Crippen LogP contribution in [0.15, 0.2) is 27.8 Å². The van der Waals surface area contributed by atoms with Gasteiger partial charge in [0.2, 0.25) is 0 Å². The lowest BCUT2D eigenvalue weighted by Crippen LogP contribution is -2.46. The Morgan fingerprint density at radius 1 is 1.24 bits per heavy atom. The van der Waals surface area contributed by atoms with Gasteiger partial charge in [0.25, 0.3) is 11.5 Å². The number of aromatic amines is 1. The first-order chi connectivity index (χ1) is 15.7. The van der Waals surface area contributed by atoms with Crippen molar-refractivity contribution < 1.29 is 9.18 Å². The summed E-state index contributed by atoms with van der Waals surface area (Å²) in [6.07, 6.45) is 0. The lowest BCUT2D eigenvalue weighted by Gasteiger charge is -2.36. The molecular weight excluding hydrogens is 451 g/mol. The highest BCUT2D eigenvalue weighted by Gasteiger charge is 2.23. The number of amides is 1. The Morgan fingerprint density at radius 3 is 2.58 bits per heavy atom. The summed E-state index contributed by atoms with van der Waals surface area (Å²) >= 11 is 6.28. The maximum Gasteiger partial charge on any atom is 0.328 e. The summed E-state index contributed by atoms with van der Waals surface area (Å²) in [6, 6.07) is 5.05. The van der Waals surface area contributed by atoms with Crippen molar-refractivity contribution in [1.29, 1.82) is 0 Å².